The number of hydrogen-bond donors (Lipinski definition) is 0. The zero-order valence-corrected chi connectivity index (χ0v) is 21.2. The van der Waals surface area contributed by atoms with Gasteiger partial charge in [-0.2, -0.15) is 0 Å². The molecule has 178 valence electrons. The van der Waals surface area contributed by atoms with Gasteiger partial charge in [0.2, 0.25) is 5.91 Å². The minimum atomic E-state index is -0.101. The van der Waals surface area contributed by atoms with Gasteiger partial charge in [-0.15, -0.1) is 11.3 Å². The molecule has 1 aliphatic heterocycles. The molecule has 0 saturated heterocycles. The number of nitrogens with zero attached hydrogens (tertiary/aromatic N) is 2. The van der Waals surface area contributed by atoms with Crippen molar-refractivity contribution in [3.63, 3.8) is 0 Å². The van der Waals surface area contributed by atoms with E-state index in [1.54, 1.807) is 16.2 Å². The van der Waals surface area contributed by atoms with Crippen molar-refractivity contribution in [1.82, 2.24) is 9.80 Å². The molecule has 4 rings (SSSR count). The lowest BCUT2D eigenvalue weighted by Crippen LogP contribution is -2.47. The Hall–Kier alpha value is -2.92. The fourth-order valence-electron chi connectivity index (χ4n) is 4.74. The third kappa shape index (κ3) is 5.10. The maximum Gasteiger partial charge on any atom is 0.254 e. The van der Waals surface area contributed by atoms with Gasteiger partial charge in [-0.1, -0.05) is 56.7 Å². The predicted molar refractivity (Wildman–Crippen MR) is 139 cm³/mol. The van der Waals surface area contributed by atoms with Crippen molar-refractivity contribution >= 4 is 23.2 Å². The van der Waals surface area contributed by atoms with Crippen LogP contribution in [-0.4, -0.2) is 41.2 Å². The molecule has 34 heavy (non-hydrogen) atoms. The van der Waals surface area contributed by atoms with Gasteiger partial charge in [-0.05, 0) is 72.0 Å². The van der Waals surface area contributed by atoms with Gasteiger partial charge in [0, 0.05) is 23.5 Å². The maximum absolute atomic E-state index is 13.8. The van der Waals surface area contributed by atoms with Crippen LogP contribution in [-0.2, 0) is 17.6 Å². The molecule has 2 amide bonds. The van der Waals surface area contributed by atoms with Gasteiger partial charge in [-0.25, -0.2) is 0 Å². The molecule has 0 bridgehead atoms. The number of aryl methyl sites for hydroxylation is 2. The molecule has 0 spiro atoms. The molecule has 0 radical (unpaired) electrons. The molecule has 1 unspecified atom stereocenters. The van der Waals surface area contributed by atoms with Crippen LogP contribution in [0.15, 0.2) is 60.0 Å². The van der Waals surface area contributed by atoms with Crippen LogP contribution in [0.2, 0.25) is 0 Å². The monoisotopic (exact) mass is 474 g/mol. The largest absolute Gasteiger partial charge is 0.330 e. The van der Waals surface area contributed by atoms with Crippen LogP contribution < -0.4 is 0 Å². The Morgan fingerprint density at radius 2 is 1.79 bits per heavy atom. The quantitative estimate of drug-likeness (QED) is 0.400. The number of carbonyl (C=O) groups excluding carboxylic acids is 2. The van der Waals surface area contributed by atoms with Crippen LogP contribution in [0.25, 0.3) is 0 Å². The Labute approximate surface area is 207 Å². The molecule has 0 aliphatic carbocycles. The van der Waals surface area contributed by atoms with Crippen molar-refractivity contribution < 1.29 is 9.59 Å². The molecule has 3 aromatic rings. The van der Waals surface area contributed by atoms with Crippen LogP contribution in [0.5, 0.6) is 0 Å². The standard InChI is InChI=1S/C29H34N2O2S/c1-4-6-17-30(29(33)23-13-11-22(5-2)12-14-23)20-27(32)31-18-15-26-25(16-19-34-26)28(31)24-10-8-7-9-21(24)3/h7-14,16,19,28H,4-6,15,17-18,20H2,1-3H3. The predicted octanol–water partition coefficient (Wildman–Crippen LogP) is 6.04. The normalized spacial score (nSPS) is 15.1. The molecule has 0 N–H and O–H groups in total. The number of rotatable bonds is 8. The lowest BCUT2D eigenvalue weighted by molar-refractivity contribution is -0.134. The lowest BCUT2D eigenvalue weighted by atomic mass is 9.90. The first-order chi connectivity index (χ1) is 16.5. The Kier molecular flexibility index (Phi) is 7.84. The Morgan fingerprint density at radius 1 is 1.03 bits per heavy atom. The van der Waals surface area contributed by atoms with Crippen LogP contribution in [0.4, 0.5) is 0 Å². The van der Waals surface area contributed by atoms with Crippen molar-refractivity contribution in [1.29, 1.82) is 0 Å². The van der Waals surface area contributed by atoms with Gasteiger partial charge in [-0.3, -0.25) is 9.59 Å². The molecule has 0 fully saturated rings. The summed E-state index contributed by atoms with van der Waals surface area (Å²) in [5.74, 6) is -0.0511. The number of fused-ring (bicyclic) bond motifs is 1. The first kappa shape index (κ1) is 24.2. The smallest absolute Gasteiger partial charge is 0.254 e. The Bertz CT molecular complexity index is 1140. The summed E-state index contributed by atoms with van der Waals surface area (Å²) in [6.45, 7) is 7.68. The average Bonchev–Trinajstić information content (AvgIpc) is 3.35. The number of carbonyl (C=O) groups is 2. The molecule has 1 aromatic heterocycles. The fraction of sp³-hybridized carbons (Fsp3) is 0.379. The molecular weight excluding hydrogens is 440 g/mol. The van der Waals surface area contributed by atoms with Crippen molar-refractivity contribution in [2.75, 3.05) is 19.6 Å². The van der Waals surface area contributed by atoms with Crippen molar-refractivity contribution in [3.8, 4) is 0 Å². The van der Waals surface area contributed by atoms with Gasteiger partial charge >= 0.3 is 0 Å². The molecule has 2 aromatic carbocycles. The fourth-order valence-corrected chi connectivity index (χ4v) is 5.64. The molecule has 5 heteroatoms. The van der Waals surface area contributed by atoms with Gasteiger partial charge in [0.25, 0.3) is 5.91 Å². The topological polar surface area (TPSA) is 40.6 Å². The summed E-state index contributed by atoms with van der Waals surface area (Å²) in [4.78, 5) is 32.2. The van der Waals surface area contributed by atoms with E-state index < -0.39 is 0 Å². The first-order valence-electron chi connectivity index (χ1n) is 12.3. The number of benzene rings is 2. The van der Waals surface area contributed by atoms with Crippen LogP contribution in [0.3, 0.4) is 0 Å². The Morgan fingerprint density at radius 3 is 2.50 bits per heavy atom. The van der Waals surface area contributed by atoms with E-state index >= 15 is 0 Å². The number of hydrogen-bond acceptors (Lipinski definition) is 3. The van der Waals surface area contributed by atoms with Gasteiger partial charge in [0.1, 0.15) is 6.54 Å². The van der Waals surface area contributed by atoms with E-state index in [2.05, 4.69) is 44.4 Å². The van der Waals surface area contributed by atoms with Gasteiger partial charge < -0.3 is 9.80 Å². The zero-order chi connectivity index (χ0) is 24.1. The van der Waals surface area contributed by atoms with E-state index in [0.717, 1.165) is 31.2 Å². The van der Waals surface area contributed by atoms with Crippen molar-refractivity contribution in [2.45, 2.75) is 52.5 Å². The summed E-state index contributed by atoms with van der Waals surface area (Å²) in [6, 6.07) is 18.2. The molecule has 1 atom stereocenters. The van der Waals surface area contributed by atoms with E-state index in [1.807, 2.05) is 41.3 Å². The number of unbranched alkanes of at least 4 members (excludes halogenated alkanes) is 1. The lowest BCUT2D eigenvalue weighted by Gasteiger charge is -2.38. The summed E-state index contributed by atoms with van der Waals surface area (Å²) in [5.41, 5.74) is 5.42. The van der Waals surface area contributed by atoms with Crippen LogP contribution in [0.1, 0.15) is 70.2 Å². The van der Waals surface area contributed by atoms with Crippen LogP contribution in [0, 0.1) is 6.92 Å². The summed E-state index contributed by atoms with van der Waals surface area (Å²) in [6.07, 6.45) is 3.65. The van der Waals surface area contributed by atoms with Crippen molar-refractivity contribution in [2.24, 2.45) is 0 Å². The van der Waals surface area contributed by atoms with Gasteiger partial charge in [0.05, 0.1) is 6.04 Å². The van der Waals surface area contributed by atoms with Gasteiger partial charge in [0.15, 0.2) is 0 Å². The molecule has 0 saturated carbocycles. The maximum atomic E-state index is 13.8. The summed E-state index contributed by atoms with van der Waals surface area (Å²) in [5, 5.41) is 2.13. The third-order valence-electron chi connectivity index (χ3n) is 6.77. The van der Waals surface area contributed by atoms with E-state index in [4.69, 9.17) is 0 Å². The second-order valence-electron chi connectivity index (χ2n) is 9.03. The highest BCUT2D eigenvalue weighted by Gasteiger charge is 2.34. The number of thiophene rings is 1. The molecule has 4 nitrogen and oxygen atoms in total. The third-order valence-corrected chi connectivity index (χ3v) is 7.77. The van der Waals surface area contributed by atoms with Crippen LogP contribution >= 0.6 is 11.3 Å². The summed E-state index contributed by atoms with van der Waals surface area (Å²) in [7, 11) is 0. The summed E-state index contributed by atoms with van der Waals surface area (Å²) >= 11 is 1.77. The molecule has 2 heterocycles. The minimum absolute atomic E-state index is 0.0136. The SMILES string of the molecule is CCCCN(CC(=O)N1CCc2sccc2C1c1ccccc1C)C(=O)c1ccc(CC)cc1. The highest BCUT2D eigenvalue weighted by molar-refractivity contribution is 7.10. The number of amides is 2. The summed E-state index contributed by atoms with van der Waals surface area (Å²) < 4.78 is 0. The first-order valence-corrected chi connectivity index (χ1v) is 13.2. The van der Waals surface area contributed by atoms with Crippen molar-refractivity contribution in [3.05, 3.63) is 92.7 Å². The molecular formula is C29H34N2O2S. The second kappa shape index (κ2) is 11.0. The average molecular weight is 475 g/mol. The van der Waals surface area contributed by atoms with E-state index in [-0.39, 0.29) is 24.4 Å². The Balaban J connectivity index is 1.60. The van der Waals surface area contributed by atoms with E-state index in [0.29, 0.717) is 18.7 Å². The highest BCUT2D eigenvalue weighted by atomic mass is 32.1. The highest BCUT2D eigenvalue weighted by Crippen LogP contribution is 2.39. The van der Waals surface area contributed by atoms with E-state index in [9.17, 15) is 9.59 Å². The van der Waals surface area contributed by atoms with E-state index in [1.165, 1.54) is 21.6 Å². The zero-order valence-electron chi connectivity index (χ0n) is 20.4. The molecule has 1 aliphatic rings. The second-order valence-corrected chi connectivity index (χ2v) is 10.0. The minimum Gasteiger partial charge on any atom is -0.330 e.